The Bertz CT molecular complexity index is 1010. The predicted octanol–water partition coefficient (Wildman–Crippen LogP) is 3.66. The predicted molar refractivity (Wildman–Crippen MR) is 113 cm³/mol. The fourth-order valence-corrected chi connectivity index (χ4v) is 4.52. The van der Waals surface area contributed by atoms with Crippen molar-refractivity contribution in [2.75, 3.05) is 36.5 Å². The first-order valence-electron chi connectivity index (χ1n) is 9.58. The third kappa shape index (κ3) is 3.54. The van der Waals surface area contributed by atoms with E-state index in [9.17, 15) is 0 Å². The van der Waals surface area contributed by atoms with Gasteiger partial charge in [-0.25, -0.2) is 0 Å². The molecule has 2 aromatic carbocycles. The highest BCUT2D eigenvalue weighted by molar-refractivity contribution is 6.43. The standard InChI is InChI=1S/C20H20Cl2N6O/c21-16-5-3-7-18(19(16)22)28-20(24-25-26-28)23-8-13-4-1-2-6-17(13)27-9-14-11-29-12-15(14)10-27/h1-7,14-15H,8-12H2,(H,23,24,26). The van der Waals surface area contributed by atoms with Crippen LogP contribution < -0.4 is 10.2 Å². The van der Waals surface area contributed by atoms with Crippen LogP contribution in [0, 0.1) is 11.8 Å². The molecule has 9 heteroatoms. The molecule has 2 aliphatic rings. The number of nitrogens with zero attached hydrogens (tertiary/aromatic N) is 5. The van der Waals surface area contributed by atoms with Gasteiger partial charge in [-0.1, -0.05) is 52.6 Å². The molecule has 0 aliphatic carbocycles. The molecule has 0 radical (unpaired) electrons. The zero-order valence-corrected chi connectivity index (χ0v) is 17.1. The molecule has 7 nitrogen and oxygen atoms in total. The summed E-state index contributed by atoms with van der Waals surface area (Å²) < 4.78 is 7.18. The molecule has 5 rings (SSSR count). The second kappa shape index (κ2) is 7.82. The molecule has 3 heterocycles. The summed E-state index contributed by atoms with van der Waals surface area (Å²) in [6.07, 6.45) is 0. The van der Waals surface area contributed by atoms with Gasteiger partial charge in [-0.05, 0) is 34.2 Å². The summed E-state index contributed by atoms with van der Waals surface area (Å²) in [7, 11) is 0. The number of benzene rings is 2. The van der Waals surface area contributed by atoms with Crippen LogP contribution in [0.2, 0.25) is 10.0 Å². The molecule has 1 N–H and O–H groups in total. The van der Waals surface area contributed by atoms with E-state index in [4.69, 9.17) is 27.9 Å². The maximum absolute atomic E-state index is 6.34. The van der Waals surface area contributed by atoms with Gasteiger partial charge in [-0.15, -0.1) is 0 Å². The van der Waals surface area contributed by atoms with Gasteiger partial charge in [0.15, 0.2) is 0 Å². The lowest BCUT2D eigenvalue weighted by atomic mass is 10.0. The topological polar surface area (TPSA) is 68.1 Å². The van der Waals surface area contributed by atoms with Crippen molar-refractivity contribution in [1.82, 2.24) is 20.2 Å². The Morgan fingerprint density at radius 2 is 1.76 bits per heavy atom. The van der Waals surface area contributed by atoms with Crippen LogP contribution in [0.5, 0.6) is 0 Å². The summed E-state index contributed by atoms with van der Waals surface area (Å²) in [5.74, 6) is 1.78. The second-order valence-corrected chi connectivity index (χ2v) is 8.22. The molecule has 0 amide bonds. The Labute approximate surface area is 178 Å². The summed E-state index contributed by atoms with van der Waals surface area (Å²) in [4.78, 5) is 2.46. The Balaban J connectivity index is 1.36. The number of tetrazole rings is 1. The van der Waals surface area contributed by atoms with E-state index in [-0.39, 0.29) is 0 Å². The van der Waals surface area contributed by atoms with Crippen LogP contribution >= 0.6 is 23.2 Å². The minimum atomic E-state index is 0.413. The van der Waals surface area contributed by atoms with E-state index in [0.717, 1.165) is 26.3 Å². The number of rotatable bonds is 5. The van der Waals surface area contributed by atoms with E-state index < -0.39 is 0 Å². The highest BCUT2D eigenvalue weighted by atomic mass is 35.5. The molecule has 0 bridgehead atoms. The van der Waals surface area contributed by atoms with Crippen molar-refractivity contribution < 1.29 is 4.74 Å². The Kier molecular flexibility index (Phi) is 5.03. The normalized spacial score (nSPS) is 20.8. The quantitative estimate of drug-likeness (QED) is 0.665. The maximum atomic E-state index is 6.34. The van der Waals surface area contributed by atoms with Crippen molar-refractivity contribution >= 4 is 34.8 Å². The molecule has 29 heavy (non-hydrogen) atoms. The minimum Gasteiger partial charge on any atom is -0.381 e. The zero-order chi connectivity index (χ0) is 19.8. The average molecular weight is 431 g/mol. The number of aromatic nitrogens is 4. The molecular formula is C20H20Cl2N6O. The number of hydrogen-bond acceptors (Lipinski definition) is 6. The summed E-state index contributed by atoms with van der Waals surface area (Å²) in [6, 6.07) is 13.8. The molecule has 2 saturated heterocycles. The number of hydrogen-bond donors (Lipinski definition) is 1. The van der Waals surface area contributed by atoms with Crippen molar-refractivity contribution in [2.24, 2.45) is 11.8 Å². The third-order valence-corrected chi connectivity index (χ3v) is 6.45. The van der Waals surface area contributed by atoms with Gasteiger partial charge < -0.3 is 15.0 Å². The number of para-hydroxylation sites is 1. The van der Waals surface area contributed by atoms with Gasteiger partial charge in [0.2, 0.25) is 5.95 Å². The van der Waals surface area contributed by atoms with Gasteiger partial charge in [0.05, 0.1) is 28.9 Å². The van der Waals surface area contributed by atoms with Crippen LogP contribution in [0.1, 0.15) is 5.56 Å². The van der Waals surface area contributed by atoms with Gasteiger partial charge in [-0.3, -0.25) is 0 Å². The molecule has 2 aliphatic heterocycles. The van der Waals surface area contributed by atoms with Crippen LogP contribution in [0.25, 0.3) is 5.69 Å². The molecule has 2 unspecified atom stereocenters. The molecule has 1 aromatic heterocycles. The van der Waals surface area contributed by atoms with Crippen molar-refractivity contribution in [3.63, 3.8) is 0 Å². The Morgan fingerprint density at radius 3 is 2.59 bits per heavy atom. The van der Waals surface area contributed by atoms with Gasteiger partial charge in [0, 0.05) is 37.2 Å². The average Bonchev–Trinajstić information content (AvgIpc) is 3.45. The highest BCUT2D eigenvalue weighted by Gasteiger charge is 2.37. The SMILES string of the molecule is Clc1cccc(-n2nnnc2NCc2ccccc2N2CC3COCC3C2)c1Cl. The van der Waals surface area contributed by atoms with Gasteiger partial charge in [0.1, 0.15) is 0 Å². The van der Waals surface area contributed by atoms with Crippen LogP contribution in [0.15, 0.2) is 42.5 Å². The first-order chi connectivity index (χ1) is 14.2. The molecule has 150 valence electrons. The van der Waals surface area contributed by atoms with E-state index in [1.165, 1.54) is 11.3 Å². The van der Waals surface area contributed by atoms with Crippen LogP contribution in [0.3, 0.4) is 0 Å². The molecular weight excluding hydrogens is 411 g/mol. The van der Waals surface area contributed by atoms with Crippen molar-refractivity contribution in [3.05, 3.63) is 58.1 Å². The number of nitrogens with one attached hydrogen (secondary N) is 1. The molecule has 0 spiro atoms. The van der Waals surface area contributed by atoms with Crippen molar-refractivity contribution in [2.45, 2.75) is 6.54 Å². The minimum absolute atomic E-state index is 0.413. The lowest BCUT2D eigenvalue weighted by Crippen LogP contribution is -2.24. The van der Waals surface area contributed by atoms with E-state index in [0.29, 0.717) is 40.1 Å². The number of fused-ring (bicyclic) bond motifs is 1. The van der Waals surface area contributed by atoms with Gasteiger partial charge >= 0.3 is 0 Å². The third-order valence-electron chi connectivity index (χ3n) is 5.64. The number of ether oxygens (including phenoxy) is 1. The monoisotopic (exact) mass is 430 g/mol. The van der Waals surface area contributed by atoms with E-state index >= 15 is 0 Å². The summed E-state index contributed by atoms with van der Waals surface area (Å²) >= 11 is 12.5. The summed E-state index contributed by atoms with van der Waals surface area (Å²) in [6.45, 7) is 4.42. The van der Waals surface area contributed by atoms with Crippen molar-refractivity contribution in [3.8, 4) is 5.69 Å². The number of anilines is 2. The summed E-state index contributed by atoms with van der Waals surface area (Å²) in [5.41, 5.74) is 3.07. The van der Waals surface area contributed by atoms with Crippen LogP contribution in [-0.2, 0) is 11.3 Å². The lowest BCUT2D eigenvalue weighted by molar-refractivity contribution is 0.177. The Morgan fingerprint density at radius 1 is 1.00 bits per heavy atom. The molecule has 0 saturated carbocycles. The van der Waals surface area contributed by atoms with Gasteiger partial charge in [-0.2, -0.15) is 4.68 Å². The van der Waals surface area contributed by atoms with Crippen LogP contribution in [0.4, 0.5) is 11.6 Å². The molecule has 2 fully saturated rings. The highest BCUT2D eigenvalue weighted by Crippen LogP contribution is 2.34. The molecule has 3 aromatic rings. The fourth-order valence-electron chi connectivity index (χ4n) is 4.14. The van der Waals surface area contributed by atoms with E-state index in [1.54, 1.807) is 10.7 Å². The first-order valence-corrected chi connectivity index (χ1v) is 10.3. The number of halogens is 2. The molecule has 2 atom stereocenters. The summed E-state index contributed by atoms with van der Waals surface area (Å²) in [5, 5.41) is 16.2. The van der Waals surface area contributed by atoms with Gasteiger partial charge in [0.25, 0.3) is 0 Å². The smallest absolute Gasteiger partial charge is 0.248 e. The Hall–Kier alpha value is -2.35. The van der Waals surface area contributed by atoms with E-state index in [2.05, 4.69) is 50.0 Å². The zero-order valence-electron chi connectivity index (χ0n) is 15.6. The van der Waals surface area contributed by atoms with Crippen molar-refractivity contribution in [1.29, 1.82) is 0 Å². The first kappa shape index (κ1) is 18.7. The van der Waals surface area contributed by atoms with Crippen LogP contribution in [-0.4, -0.2) is 46.5 Å². The maximum Gasteiger partial charge on any atom is 0.248 e. The largest absolute Gasteiger partial charge is 0.381 e. The van der Waals surface area contributed by atoms with E-state index in [1.807, 2.05) is 12.1 Å². The fraction of sp³-hybridized carbons (Fsp3) is 0.350. The second-order valence-electron chi connectivity index (χ2n) is 7.43. The lowest BCUT2D eigenvalue weighted by Gasteiger charge is -2.23.